The normalized spacial score (nSPS) is 13.4. The fraction of sp³-hybridized carbons (Fsp3) is 0.530. The molecule has 7 aromatic carbocycles. The van der Waals surface area contributed by atoms with E-state index in [1.54, 1.807) is 0 Å². The molecule has 3 aromatic heterocycles. The second-order valence-electron chi connectivity index (χ2n) is 42.5. The fourth-order valence-corrected chi connectivity index (χ4v) is 22.3. The standard InChI is InChI=1S/C132H178N4O4/c1-8-15-21-27-33-37-41-45-49-55-61-88-131(89-62-56-50-46-42-38-34-28-22-16-9-2)137-126-94-114-115(95-127(126)138-131)123-100-120-113-93-107(79-78-103-72-70-102(14-7)71-73-103)83-87-111(113)118(133-120)98-121-116-96-128-129(140-132(139-128,90-63-57-51-47-43-39-35-29-23-17-10-3)91-64-58-52-48-44-40-36-30-24-18-11-4)97-117(116)124(135-121)101-125-130-109(68-65-69-112(130)119(136-125)99-122(114)134-123)85-80-104-74-76-105(77-75-104)81-86-110-92-106(66-59-53-31-25-19-12-5)82-84-108(110)67-60-54-32-26-20-13-6/h14,65,68-87,92-101,133,136H,7-13,15-64,66-67,88-91H2,1-6H3/b79-78-,85-80-,86-81+,118-98?,119-99?,120-100?,121-98?,122-99?,123-100?,124-101?,125-101?. The number of aryl methyl sites for hydroxylation is 2. The third kappa shape index (κ3) is 31.9. The highest BCUT2D eigenvalue weighted by Crippen LogP contribution is 2.54. The SMILES string of the molecule is C=Cc1ccc(/C=C\c2ccc3c4cc5nc(cc6[nH]c(cc7nc(cc([nH]4)c3c2)-c2cc3c(cc2-7)OC(CCCCCCCCCCCCC)(CCCCCCCCCCCCC)O3)c2cccc(/C=C\c3ccc(/C=C/c4cc(CCCCCCCC)ccc4CCCCCCCC)cc3)c62)-c2cc3c(cc2-5)OC(CCCCCCCCCCCCC)(CCCCCCCCCCCCC)O3)cc1. The number of aromatic amines is 2. The van der Waals surface area contributed by atoms with Gasteiger partial charge in [0.2, 0.25) is 0 Å². The van der Waals surface area contributed by atoms with Gasteiger partial charge in [-0.25, -0.2) is 9.97 Å². The minimum atomic E-state index is -0.748. The monoisotopic (exact) mass is 1880 g/mol. The van der Waals surface area contributed by atoms with Gasteiger partial charge in [0.1, 0.15) is 0 Å². The average molecular weight is 1880 g/mol. The summed E-state index contributed by atoms with van der Waals surface area (Å²) in [6, 6.07) is 57.2. The summed E-state index contributed by atoms with van der Waals surface area (Å²) in [6.45, 7) is 17.9. The molecule has 0 spiro atoms. The van der Waals surface area contributed by atoms with Gasteiger partial charge in [0.05, 0.1) is 22.8 Å². The number of hydrogen-bond acceptors (Lipinski definition) is 6. The summed E-state index contributed by atoms with van der Waals surface area (Å²) >= 11 is 0. The number of hydrogen-bond donors (Lipinski definition) is 2. The molecule has 4 aliphatic rings. The Kier molecular flexibility index (Phi) is 44.1. The van der Waals surface area contributed by atoms with Crippen LogP contribution in [0, 0.1) is 0 Å². The number of unbranched alkanes of at least 4 members (excludes halogenated alkanes) is 50. The van der Waals surface area contributed by atoms with Crippen molar-refractivity contribution in [3.63, 3.8) is 0 Å². The molecule has 0 atom stereocenters. The van der Waals surface area contributed by atoms with Gasteiger partial charge in [-0.3, -0.25) is 0 Å². The third-order valence-electron chi connectivity index (χ3n) is 30.8. The van der Waals surface area contributed by atoms with Crippen LogP contribution in [-0.2, 0) is 12.8 Å². The van der Waals surface area contributed by atoms with Crippen LogP contribution in [-0.4, -0.2) is 31.5 Å². The maximum absolute atomic E-state index is 7.51. The second kappa shape index (κ2) is 58.2. The largest absolute Gasteiger partial charge is 0.448 e. The van der Waals surface area contributed by atoms with Crippen molar-refractivity contribution in [2.24, 2.45) is 0 Å². The van der Waals surface area contributed by atoms with Gasteiger partial charge in [-0.15, -0.1) is 0 Å². The van der Waals surface area contributed by atoms with Gasteiger partial charge in [0.15, 0.2) is 23.0 Å². The lowest BCUT2D eigenvalue weighted by atomic mass is 9.95. The summed E-state index contributed by atoms with van der Waals surface area (Å²) in [5.74, 6) is 1.75. The number of ether oxygens (including phenoxy) is 4. The van der Waals surface area contributed by atoms with Crippen molar-refractivity contribution in [2.45, 2.75) is 451 Å². The van der Waals surface area contributed by atoms with Crippen LogP contribution >= 0.6 is 0 Å². The lowest BCUT2D eigenvalue weighted by Crippen LogP contribution is -2.38. The zero-order valence-corrected chi connectivity index (χ0v) is 88.1. The van der Waals surface area contributed by atoms with Crippen molar-refractivity contribution in [2.75, 3.05) is 0 Å². The van der Waals surface area contributed by atoms with Crippen LogP contribution in [0.3, 0.4) is 0 Å². The maximum Gasteiger partial charge on any atom is 0.251 e. The molecule has 0 fully saturated rings. The Hall–Kier alpha value is -9.66. The maximum atomic E-state index is 7.51. The highest BCUT2D eigenvalue weighted by molar-refractivity contribution is 6.13. The quantitative estimate of drug-likeness (QED) is 0.0291. The van der Waals surface area contributed by atoms with Crippen LogP contribution in [0.15, 0.2) is 158 Å². The van der Waals surface area contributed by atoms with E-state index in [9.17, 15) is 0 Å². The molecule has 0 aliphatic carbocycles. The van der Waals surface area contributed by atoms with Crippen molar-refractivity contribution in [3.05, 3.63) is 208 Å². The molecule has 2 N–H and O–H groups in total. The zero-order chi connectivity index (χ0) is 96.9. The number of nitrogens with zero attached hydrogens (tertiary/aromatic N) is 2. The van der Waals surface area contributed by atoms with Gasteiger partial charge < -0.3 is 28.9 Å². The van der Waals surface area contributed by atoms with Crippen LogP contribution in [0.2, 0.25) is 0 Å². The van der Waals surface area contributed by atoms with Crippen LogP contribution < -0.4 is 18.9 Å². The van der Waals surface area contributed by atoms with Gasteiger partial charge in [0.25, 0.3) is 11.6 Å². The Labute approximate surface area is 847 Å². The first-order valence-corrected chi connectivity index (χ1v) is 57.8. The minimum Gasteiger partial charge on any atom is -0.448 e. The summed E-state index contributed by atoms with van der Waals surface area (Å²) < 4.78 is 30.0. The Bertz CT molecular complexity index is 5630. The van der Waals surface area contributed by atoms with E-state index >= 15 is 0 Å². The molecule has 8 bridgehead atoms. The van der Waals surface area contributed by atoms with Crippen molar-refractivity contribution in [1.82, 2.24) is 19.9 Å². The predicted octanol–water partition coefficient (Wildman–Crippen LogP) is 42.0. The average Bonchev–Trinajstić information content (AvgIpc) is 1.58. The van der Waals surface area contributed by atoms with E-state index in [1.165, 1.54) is 356 Å². The summed E-state index contributed by atoms with van der Waals surface area (Å²) in [5.41, 5.74) is 22.5. The van der Waals surface area contributed by atoms with Crippen molar-refractivity contribution >= 4 is 86.1 Å². The molecule has 8 nitrogen and oxygen atoms in total. The van der Waals surface area contributed by atoms with Gasteiger partial charge in [-0.05, 0) is 156 Å². The Morgan fingerprint density at radius 3 is 0.929 bits per heavy atom. The van der Waals surface area contributed by atoms with Crippen LogP contribution in [0.1, 0.15) is 477 Å². The Morgan fingerprint density at radius 1 is 0.250 bits per heavy atom. The summed E-state index contributed by atoms with van der Waals surface area (Å²) in [5, 5.41) is 4.40. The molecule has 14 rings (SSSR count). The number of nitrogens with one attached hydrogen (secondary N) is 2. The van der Waals surface area contributed by atoms with E-state index < -0.39 is 11.6 Å². The predicted molar refractivity (Wildman–Crippen MR) is 608 cm³/mol. The van der Waals surface area contributed by atoms with Gasteiger partial charge in [-0.2, -0.15) is 0 Å². The molecule has 10 aromatic rings. The highest BCUT2D eigenvalue weighted by atomic mass is 16.7. The smallest absolute Gasteiger partial charge is 0.251 e. The van der Waals surface area contributed by atoms with Crippen LogP contribution in [0.25, 0.3) is 131 Å². The lowest BCUT2D eigenvalue weighted by Gasteiger charge is -2.28. The molecule has 0 radical (unpaired) electrons. The first kappa shape index (κ1) is 106. The van der Waals surface area contributed by atoms with Crippen LogP contribution in [0.4, 0.5) is 0 Å². The number of fused-ring (bicyclic) bond motifs is 22. The number of H-pyrrole nitrogens is 2. The Balaban J connectivity index is 0.857. The number of rotatable bonds is 69. The van der Waals surface area contributed by atoms with E-state index in [4.69, 9.17) is 28.9 Å². The highest BCUT2D eigenvalue weighted by Gasteiger charge is 2.44. The van der Waals surface area contributed by atoms with E-state index in [0.717, 1.165) is 204 Å². The minimum absolute atomic E-state index is 0.746. The van der Waals surface area contributed by atoms with Crippen molar-refractivity contribution in [3.8, 4) is 68.0 Å². The molecular formula is C132H178N4O4. The molecule has 0 saturated carbocycles. The molecule has 750 valence electrons. The molecular weight excluding hydrogens is 1710 g/mol. The van der Waals surface area contributed by atoms with E-state index in [2.05, 4.69) is 246 Å². The Morgan fingerprint density at radius 2 is 0.550 bits per heavy atom. The van der Waals surface area contributed by atoms with E-state index in [1.807, 2.05) is 6.08 Å². The van der Waals surface area contributed by atoms with Crippen LogP contribution in [0.5, 0.6) is 23.0 Å². The van der Waals surface area contributed by atoms with E-state index in [-0.39, 0.29) is 0 Å². The summed E-state index contributed by atoms with van der Waals surface area (Å²) in [6.07, 6.45) is 94.1. The lowest BCUT2D eigenvalue weighted by molar-refractivity contribution is -0.0953. The van der Waals surface area contributed by atoms with Gasteiger partial charge in [0, 0.05) is 91.5 Å². The van der Waals surface area contributed by atoms with E-state index in [0.29, 0.717) is 0 Å². The molecule has 0 saturated heterocycles. The first-order chi connectivity index (χ1) is 69.1. The zero-order valence-electron chi connectivity index (χ0n) is 88.1. The van der Waals surface area contributed by atoms with Gasteiger partial charge >= 0.3 is 0 Å². The molecule has 8 heteroatoms. The molecule has 0 amide bonds. The second-order valence-corrected chi connectivity index (χ2v) is 42.5. The summed E-state index contributed by atoms with van der Waals surface area (Å²) in [7, 11) is 0. The molecule has 4 aliphatic heterocycles. The summed E-state index contributed by atoms with van der Waals surface area (Å²) in [4.78, 5) is 19.9. The number of benzene rings is 7. The fourth-order valence-electron chi connectivity index (χ4n) is 22.3. The van der Waals surface area contributed by atoms with Crippen molar-refractivity contribution in [1.29, 1.82) is 0 Å². The van der Waals surface area contributed by atoms with Gasteiger partial charge in [-0.1, -0.05) is 509 Å². The third-order valence-corrected chi connectivity index (χ3v) is 30.8. The first-order valence-electron chi connectivity index (χ1n) is 57.8. The molecule has 0 unspecified atom stereocenters. The molecule has 140 heavy (non-hydrogen) atoms. The van der Waals surface area contributed by atoms with Crippen molar-refractivity contribution < 1.29 is 18.9 Å². The molecule has 7 heterocycles. The number of aromatic nitrogens is 4. The topological polar surface area (TPSA) is 94.3 Å².